The Morgan fingerprint density at radius 2 is 1.71 bits per heavy atom. The maximum Gasteiger partial charge on any atom is 0.387 e. The second-order valence-electron chi connectivity index (χ2n) is 7.29. The number of amides is 1. The molecule has 0 saturated carbocycles. The summed E-state index contributed by atoms with van der Waals surface area (Å²) in [7, 11) is 0. The summed E-state index contributed by atoms with van der Waals surface area (Å²) in [5.41, 5.74) is -1.40. The van der Waals surface area contributed by atoms with Crippen LogP contribution in [0.3, 0.4) is 0 Å². The van der Waals surface area contributed by atoms with Crippen molar-refractivity contribution in [3.05, 3.63) is 70.5 Å². The van der Waals surface area contributed by atoms with Crippen LogP contribution in [0.1, 0.15) is 27.0 Å². The van der Waals surface area contributed by atoms with Gasteiger partial charge in [-0.05, 0) is 35.1 Å². The van der Waals surface area contributed by atoms with Crippen LogP contribution in [-0.2, 0) is 17.6 Å². The Morgan fingerprint density at radius 1 is 1.06 bits per heavy atom. The molecule has 0 radical (unpaired) electrons. The van der Waals surface area contributed by atoms with E-state index in [1.165, 1.54) is 31.2 Å². The summed E-state index contributed by atoms with van der Waals surface area (Å²) in [4.78, 5) is 24.0. The summed E-state index contributed by atoms with van der Waals surface area (Å²) < 4.78 is 71.9. The van der Waals surface area contributed by atoms with Crippen molar-refractivity contribution in [1.29, 1.82) is 0 Å². The Morgan fingerprint density at radius 3 is 2.26 bits per heavy atom. The molecule has 2 N–H and O–H groups in total. The Balaban J connectivity index is 2.18. The fourth-order valence-corrected chi connectivity index (χ4v) is 3.69. The van der Waals surface area contributed by atoms with Crippen molar-refractivity contribution in [3.63, 3.8) is 0 Å². The third-order valence-corrected chi connectivity index (χ3v) is 5.15. The summed E-state index contributed by atoms with van der Waals surface area (Å²) >= 11 is 0. The molecule has 3 aromatic carbocycles. The summed E-state index contributed by atoms with van der Waals surface area (Å²) in [6.07, 6.45) is -4.28. The van der Waals surface area contributed by atoms with Crippen molar-refractivity contribution < 1.29 is 46.6 Å². The number of carbonyl (C=O) groups is 2. The number of carboxylic acid groups (broad SMARTS) is 1. The average Bonchev–Trinajstić information content (AvgIpc) is 2.76. The van der Waals surface area contributed by atoms with E-state index in [4.69, 9.17) is 5.11 Å². The number of fused-ring (bicyclic) bond motifs is 1. The number of hydrogen-bond donors (Lipinski definition) is 2. The van der Waals surface area contributed by atoms with Crippen LogP contribution in [0.2, 0.25) is 0 Å². The lowest BCUT2D eigenvalue weighted by molar-refractivity contribution is -0.136. The van der Waals surface area contributed by atoms with Gasteiger partial charge >= 0.3 is 12.6 Å². The first-order valence-electron chi connectivity index (χ1n) is 9.82. The van der Waals surface area contributed by atoms with Gasteiger partial charge in [0.1, 0.15) is 11.6 Å². The van der Waals surface area contributed by atoms with Crippen LogP contribution in [0.25, 0.3) is 10.8 Å². The molecular formula is C23H18F5NO5. The van der Waals surface area contributed by atoms with Gasteiger partial charge in [0.05, 0.1) is 17.7 Å². The van der Waals surface area contributed by atoms with Crippen LogP contribution >= 0.6 is 0 Å². The fourth-order valence-electron chi connectivity index (χ4n) is 3.69. The highest BCUT2D eigenvalue weighted by atomic mass is 19.3. The molecule has 0 bridgehead atoms. The first kappa shape index (κ1) is 24.9. The van der Waals surface area contributed by atoms with E-state index in [9.17, 15) is 36.7 Å². The molecule has 0 unspecified atom stereocenters. The minimum Gasteiger partial charge on any atom is -0.481 e. The van der Waals surface area contributed by atoms with Crippen LogP contribution in [-0.4, -0.2) is 35.2 Å². The zero-order valence-corrected chi connectivity index (χ0v) is 17.6. The van der Waals surface area contributed by atoms with Crippen LogP contribution in [0.15, 0.2) is 42.5 Å². The highest BCUT2D eigenvalue weighted by molar-refractivity contribution is 6.12. The van der Waals surface area contributed by atoms with Gasteiger partial charge in [-0.2, -0.15) is 13.8 Å². The van der Waals surface area contributed by atoms with Crippen molar-refractivity contribution in [2.75, 3.05) is 5.06 Å². The van der Waals surface area contributed by atoms with E-state index in [1.807, 2.05) is 0 Å². The average molecular weight is 483 g/mol. The molecule has 0 aliphatic rings. The fraction of sp³-hybridized carbons (Fsp3) is 0.217. The first-order valence-corrected chi connectivity index (χ1v) is 9.82. The Labute approximate surface area is 189 Å². The van der Waals surface area contributed by atoms with E-state index in [2.05, 4.69) is 4.74 Å². The molecule has 1 amide bonds. The number of halogens is 5. The maximum absolute atomic E-state index is 14.3. The van der Waals surface area contributed by atoms with Gasteiger partial charge in [-0.1, -0.05) is 30.3 Å². The Hall–Kier alpha value is -3.73. The number of hydroxylamine groups is 1. The smallest absolute Gasteiger partial charge is 0.387 e. The van der Waals surface area contributed by atoms with E-state index in [1.54, 1.807) is 0 Å². The maximum atomic E-state index is 14.3. The molecule has 3 aromatic rings. The third kappa shape index (κ3) is 5.09. The highest BCUT2D eigenvalue weighted by Gasteiger charge is 2.29. The zero-order valence-electron chi connectivity index (χ0n) is 17.6. The molecule has 0 saturated heterocycles. The summed E-state index contributed by atoms with van der Waals surface area (Å²) in [5, 5.41) is 19.4. The minimum atomic E-state index is -3.38. The van der Waals surface area contributed by atoms with E-state index in [0.717, 1.165) is 12.1 Å². The molecule has 34 heavy (non-hydrogen) atoms. The molecule has 0 aliphatic heterocycles. The predicted molar refractivity (Wildman–Crippen MR) is 111 cm³/mol. The second kappa shape index (κ2) is 10.0. The second-order valence-corrected chi connectivity index (χ2v) is 7.29. The predicted octanol–water partition coefficient (Wildman–Crippen LogP) is 5.36. The number of hydrogen-bond acceptors (Lipinski definition) is 4. The first-order chi connectivity index (χ1) is 16.0. The van der Waals surface area contributed by atoms with Crippen molar-refractivity contribution >= 4 is 28.3 Å². The zero-order chi connectivity index (χ0) is 25.2. The molecule has 3 rings (SSSR count). The molecular weight excluding hydrogens is 465 g/mol. The van der Waals surface area contributed by atoms with Crippen LogP contribution in [0, 0.1) is 12.7 Å². The van der Waals surface area contributed by atoms with Gasteiger partial charge in [0.25, 0.3) is 5.91 Å². The quantitative estimate of drug-likeness (QED) is 0.256. The lowest BCUT2D eigenvalue weighted by Crippen LogP contribution is -2.29. The molecule has 0 fully saturated rings. The third-order valence-electron chi connectivity index (χ3n) is 5.15. The van der Waals surface area contributed by atoms with E-state index >= 15 is 0 Å². The number of nitrogens with zero attached hydrogens (tertiary/aromatic N) is 1. The van der Waals surface area contributed by atoms with Crippen molar-refractivity contribution in [2.45, 2.75) is 32.8 Å². The molecule has 11 heteroatoms. The molecule has 0 atom stereocenters. The Bertz CT molecular complexity index is 1250. The number of carboxylic acids is 1. The number of benzene rings is 3. The molecule has 0 aliphatic carbocycles. The topological polar surface area (TPSA) is 87.1 Å². The number of anilines is 1. The van der Waals surface area contributed by atoms with E-state index in [0.29, 0.717) is 6.07 Å². The number of aliphatic carboxylic acids is 1. The molecule has 6 nitrogen and oxygen atoms in total. The monoisotopic (exact) mass is 483 g/mol. The van der Waals surface area contributed by atoms with Gasteiger partial charge in [-0.3, -0.25) is 14.8 Å². The van der Waals surface area contributed by atoms with E-state index in [-0.39, 0.29) is 32.5 Å². The van der Waals surface area contributed by atoms with Crippen molar-refractivity contribution in [1.82, 2.24) is 0 Å². The SMILES string of the molecule is Cc1c(C(=O)N(O)c2ccc(CC(=O)O)c(F)c2)c(OC(F)F)c2ccccc2c1CC(F)F. The molecule has 0 spiro atoms. The summed E-state index contributed by atoms with van der Waals surface area (Å²) in [6.45, 7) is -2.13. The van der Waals surface area contributed by atoms with Gasteiger partial charge < -0.3 is 9.84 Å². The Kier molecular flexibility index (Phi) is 7.35. The standard InChI is InChI=1S/C23H18F5NO5/c1-11-16(10-18(25)26)14-4-2-3-5-15(14)21(34-23(27)28)20(11)22(32)29(33)13-7-6-12(8-19(30)31)17(24)9-13/h2-7,9,18,23,33H,8,10H2,1H3,(H,30,31). The van der Waals surface area contributed by atoms with E-state index < -0.39 is 60.6 Å². The van der Waals surface area contributed by atoms with Gasteiger partial charge in [0, 0.05) is 17.9 Å². The van der Waals surface area contributed by atoms with Crippen LogP contribution in [0.4, 0.5) is 27.6 Å². The summed E-state index contributed by atoms with van der Waals surface area (Å²) in [5.74, 6) is -4.31. The molecule has 180 valence electrons. The number of alkyl halides is 4. The molecule has 0 aromatic heterocycles. The largest absolute Gasteiger partial charge is 0.481 e. The minimum absolute atomic E-state index is 0.00745. The lowest BCUT2D eigenvalue weighted by Gasteiger charge is -2.23. The van der Waals surface area contributed by atoms with Gasteiger partial charge in [0.2, 0.25) is 6.43 Å². The van der Waals surface area contributed by atoms with Crippen LogP contribution in [0.5, 0.6) is 5.75 Å². The number of rotatable bonds is 8. The normalized spacial score (nSPS) is 11.3. The van der Waals surface area contributed by atoms with Gasteiger partial charge in [-0.25, -0.2) is 13.2 Å². The lowest BCUT2D eigenvalue weighted by atomic mass is 9.91. The van der Waals surface area contributed by atoms with Crippen molar-refractivity contribution in [2.24, 2.45) is 0 Å². The summed E-state index contributed by atoms with van der Waals surface area (Å²) in [6, 6.07) is 8.42. The number of carbonyl (C=O) groups excluding carboxylic acids is 1. The number of ether oxygens (including phenoxy) is 1. The highest BCUT2D eigenvalue weighted by Crippen LogP contribution is 2.39. The van der Waals surface area contributed by atoms with Gasteiger partial charge in [-0.15, -0.1) is 0 Å². The van der Waals surface area contributed by atoms with Crippen LogP contribution < -0.4 is 9.80 Å². The molecule has 0 heterocycles. The van der Waals surface area contributed by atoms with Crippen molar-refractivity contribution in [3.8, 4) is 5.75 Å². The van der Waals surface area contributed by atoms with Gasteiger partial charge in [0.15, 0.2) is 0 Å².